The zero-order valence-corrected chi connectivity index (χ0v) is 13.3. The maximum atomic E-state index is 12.0. The van der Waals surface area contributed by atoms with Crippen LogP contribution in [0, 0.1) is 5.41 Å². The summed E-state index contributed by atoms with van der Waals surface area (Å²) in [6, 6.07) is -2.09. The van der Waals surface area contributed by atoms with Gasteiger partial charge in [-0.1, -0.05) is 20.8 Å². The van der Waals surface area contributed by atoms with Crippen LogP contribution >= 0.6 is 0 Å². The zero-order valence-electron chi connectivity index (χ0n) is 13.3. The Morgan fingerprint density at radius 3 is 2.27 bits per heavy atom. The van der Waals surface area contributed by atoms with Gasteiger partial charge in [0.15, 0.2) is 12.4 Å². The molecule has 126 valence electrons. The van der Waals surface area contributed by atoms with Crippen LogP contribution in [0.5, 0.6) is 0 Å². The summed E-state index contributed by atoms with van der Waals surface area (Å²) in [5, 5.41) is 11.2. The van der Waals surface area contributed by atoms with E-state index in [4.69, 9.17) is 15.6 Å². The van der Waals surface area contributed by atoms with Crippen LogP contribution in [-0.2, 0) is 23.9 Å². The number of aliphatic carboxylic acids is 1. The smallest absolute Gasteiger partial charge is 0.329 e. The van der Waals surface area contributed by atoms with Gasteiger partial charge in [0, 0.05) is 6.42 Å². The highest BCUT2D eigenvalue weighted by atomic mass is 16.5. The van der Waals surface area contributed by atoms with Crippen LogP contribution in [0.2, 0.25) is 0 Å². The quantitative estimate of drug-likeness (QED) is 0.418. The van der Waals surface area contributed by atoms with Gasteiger partial charge in [-0.05, 0) is 18.8 Å². The van der Waals surface area contributed by atoms with E-state index >= 15 is 0 Å². The van der Waals surface area contributed by atoms with Crippen molar-refractivity contribution in [1.82, 2.24) is 5.32 Å². The summed E-state index contributed by atoms with van der Waals surface area (Å²) in [4.78, 5) is 45.0. The molecule has 0 aliphatic carbocycles. The van der Waals surface area contributed by atoms with Crippen molar-refractivity contribution in [3.8, 4) is 0 Å². The molecule has 0 spiro atoms. The van der Waals surface area contributed by atoms with Gasteiger partial charge >= 0.3 is 11.9 Å². The van der Waals surface area contributed by atoms with Crippen LogP contribution < -0.4 is 11.1 Å². The summed E-state index contributed by atoms with van der Waals surface area (Å²) in [6.45, 7) is 6.60. The Balaban J connectivity index is 4.73. The molecule has 0 rings (SSSR count). The molecule has 8 nitrogen and oxygen atoms in total. The second kappa shape index (κ2) is 8.47. The number of hydrogen-bond donors (Lipinski definition) is 3. The minimum Gasteiger partial charge on any atom is -0.480 e. The van der Waals surface area contributed by atoms with Crippen LogP contribution in [0.4, 0.5) is 0 Å². The van der Waals surface area contributed by atoms with Crippen LogP contribution in [0.1, 0.15) is 40.5 Å². The van der Waals surface area contributed by atoms with Crippen LogP contribution in [0.3, 0.4) is 0 Å². The fourth-order valence-electron chi connectivity index (χ4n) is 1.55. The minimum atomic E-state index is -1.20. The van der Waals surface area contributed by atoms with Crippen molar-refractivity contribution in [3.63, 3.8) is 0 Å². The van der Waals surface area contributed by atoms with E-state index in [1.165, 1.54) is 6.92 Å². The van der Waals surface area contributed by atoms with Gasteiger partial charge in [-0.25, -0.2) is 4.79 Å². The monoisotopic (exact) mass is 316 g/mol. The molecule has 0 aromatic rings. The molecule has 0 fully saturated rings. The van der Waals surface area contributed by atoms with E-state index in [9.17, 15) is 19.2 Å². The van der Waals surface area contributed by atoms with Gasteiger partial charge in [0.25, 0.3) is 0 Å². The molecule has 0 aliphatic rings. The zero-order chi connectivity index (χ0) is 17.5. The Hall–Kier alpha value is -1.96. The predicted molar refractivity (Wildman–Crippen MR) is 77.8 cm³/mol. The van der Waals surface area contributed by atoms with E-state index in [1.54, 1.807) is 20.8 Å². The Morgan fingerprint density at radius 1 is 1.32 bits per heavy atom. The third-order valence-corrected chi connectivity index (χ3v) is 2.90. The first-order valence-electron chi connectivity index (χ1n) is 6.92. The average Bonchev–Trinajstić information content (AvgIpc) is 2.40. The van der Waals surface area contributed by atoms with Gasteiger partial charge in [-0.3, -0.25) is 14.4 Å². The number of amides is 1. The molecular formula is C14H24N2O6. The Morgan fingerprint density at radius 2 is 1.86 bits per heavy atom. The molecule has 22 heavy (non-hydrogen) atoms. The first kappa shape index (κ1) is 20.0. The van der Waals surface area contributed by atoms with E-state index in [-0.39, 0.29) is 12.8 Å². The van der Waals surface area contributed by atoms with Gasteiger partial charge in [0.1, 0.15) is 12.1 Å². The molecule has 2 unspecified atom stereocenters. The number of carbonyl (C=O) groups is 4. The van der Waals surface area contributed by atoms with Gasteiger partial charge < -0.3 is 20.9 Å². The van der Waals surface area contributed by atoms with Crippen molar-refractivity contribution >= 4 is 24.1 Å². The Labute approximate surface area is 129 Å². The van der Waals surface area contributed by atoms with Gasteiger partial charge in [-0.15, -0.1) is 0 Å². The lowest BCUT2D eigenvalue weighted by molar-refractivity contribution is -0.157. The number of rotatable bonds is 8. The summed E-state index contributed by atoms with van der Waals surface area (Å²) in [6.07, 6.45) is -0.602. The first-order valence-corrected chi connectivity index (χ1v) is 6.92. The summed E-state index contributed by atoms with van der Waals surface area (Å²) in [5.74, 6) is -2.42. The van der Waals surface area contributed by atoms with Gasteiger partial charge in [0.05, 0.1) is 0 Å². The molecule has 4 N–H and O–H groups in total. The van der Waals surface area contributed by atoms with E-state index in [0.717, 1.165) is 0 Å². The molecule has 0 saturated heterocycles. The molecule has 0 aromatic heterocycles. The SMILES string of the molecule is C[C@@H](C=O)OC(=O)C(NC(=O)CCC(N)C(=O)O)C(C)(C)C. The summed E-state index contributed by atoms with van der Waals surface area (Å²) in [7, 11) is 0. The van der Waals surface area contributed by atoms with Gasteiger partial charge in [-0.2, -0.15) is 0 Å². The average molecular weight is 316 g/mol. The molecular weight excluding hydrogens is 292 g/mol. The van der Waals surface area contributed by atoms with Crippen molar-refractivity contribution in [3.05, 3.63) is 0 Å². The number of carboxylic acids is 1. The maximum absolute atomic E-state index is 12.0. The normalized spacial score (nSPS) is 15.3. The number of nitrogens with two attached hydrogens (primary N) is 1. The molecule has 0 bridgehead atoms. The molecule has 0 aromatic carbocycles. The number of carboxylic acid groups (broad SMARTS) is 1. The highest BCUT2D eigenvalue weighted by Gasteiger charge is 2.34. The molecule has 0 saturated carbocycles. The summed E-state index contributed by atoms with van der Waals surface area (Å²) in [5.41, 5.74) is 4.68. The number of hydrogen-bond acceptors (Lipinski definition) is 6. The number of ether oxygens (including phenoxy) is 1. The van der Waals surface area contributed by atoms with E-state index in [0.29, 0.717) is 6.29 Å². The number of esters is 1. The predicted octanol–water partition coefficient (Wildman–Crippen LogP) is -0.160. The molecule has 8 heteroatoms. The van der Waals surface area contributed by atoms with Crippen LogP contribution in [0.25, 0.3) is 0 Å². The third kappa shape index (κ3) is 7.16. The second-order valence-electron chi connectivity index (χ2n) is 6.13. The highest BCUT2D eigenvalue weighted by molar-refractivity contribution is 5.86. The lowest BCUT2D eigenvalue weighted by Crippen LogP contribution is -2.50. The van der Waals surface area contributed by atoms with Crippen molar-refractivity contribution in [2.45, 2.75) is 58.7 Å². The minimum absolute atomic E-state index is 0.0438. The van der Waals surface area contributed by atoms with E-state index < -0.39 is 41.4 Å². The molecule has 0 aliphatic heterocycles. The van der Waals surface area contributed by atoms with Gasteiger partial charge in [0.2, 0.25) is 5.91 Å². The lowest BCUT2D eigenvalue weighted by atomic mass is 9.86. The Kier molecular flexibility index (Phi) is 7.72. The van der Waals surface area contributed by atoms with Crippen molar-refractivity contribution in [2.75, 3.05) is 0 Å². The summed E-state index contributed by atoms with van der Waals surface area (Å²) < 4.78 is 4.91. The van der Waals surface area contributed by atoms with E-state index in [1.807, 2.05) is 0 Å². The highest BCUT2D eigenvalue weighted by Crippen LogP contribution is 2.21. The maximum Gasteiger partial charge on any atom is 0.329 e. The largest absolute Gasteiger partial charge is 0.480 e. The molecule has 0 heterocycles. The van der Waals surface area contributed by atoms with Crippen LogP contribution in [-0.4, -0.2) is 47.4 Å². The molecule has 0 radical (unpaired) electrons. The first-order chi connectivity index (χ1) is 9.98. The second-order valence-corrected chi connectivity index (χ2v) is 6.13. The van der Waals surface area contributed by atoms with Crippen LogP contribution in [0.15, 0.2) is 0 Å². The van der Waals surface area contributed by atoms with Crippen molar-refractivity contribution in [1.29, 1.82) is 0 Å². The fourth-order valence-corrected chi connectivity index (χ4v) is 1.55. The van der Waals surface area contributed by atoms with E-state index in [2.05, 4.69) is 5.32 Å². The number of aldehydes is 1. The lowest BCUT2D eigenvalue weighted by Gasteiger charge is -2.30. The Bertz CT molecular complexity index is 430. The third-order valence-electron chi connectivity index (χ3n) is 2.90. The summed E-state index contributed by atoms with van der Waals surface area (Å²) >= 11 is 0. The van der Waals surface area contributed by atoms with Crippen molar-refractivity contribution < 1.29 is 29.0 Å². The molecule has 1 amide bonds. The van der Waals surface area contributed by atoms with Crippen molar-refractivity contribution in [2.24, 2.45) is 11.1 Å². The number of nitrogens with one attached hydrogen (secondary N) is 1. The molecule has 3 atom stereocenters. The topological polar surface area (TPSA) is 136 Å². The number of carbonyl (C=O) groups excluding carboxylic acids is 3. The fraction of sp³-hybridized carbons (Fsp3) is 0.714. The standard InChI is InChI=1S/C14H24N2O6/c1-8(7-17)22-13(21)11(14(2,3)4)16-10(18)6-5-9(15)12(19)20/h7-9,11H,5-6,15H2,1-4H3,(H,16,18)(H,19,20)/t8-,9?,11?/m0/s1.